The van der Waals surface area contributed by atoms with Crippen LogP contribution in [0.4, 0.5) is 10.1 Å². The van der Waals surface area contributed by atoms with Gasteiger partial charge in [0.05, 0.1) is 35.6 Å². The van der Waals surface area contributed by atoms with Crippen molar-refractivity contribution in [3.8, 4) is 23.4 Å². The minimum Gasteiger partial charge on any atom is -0.377 e. The molecule has 0 saturated carbocycles. The van der Waals surface area contributed by atoms with Crippen molar-refractivity contribution < 1.29 is 9.18 Å². The second-order valence-electron chi connectivity index (χ2n) is 11.0. The number of piperidine rings is 1. The average molecular weight is 553 g/mol. The Kier molecular flexibility index (Phi) is 6.64. The van der Waals surface area contributed by atoms with Gasteiger partial charge in [0.15, 0.2) is 5.82 Å². The molecule has 0 unspecified atom stereocenters. The number of aromatic nitrogens is 5. The molecule has 41 heavy (non-hydrogen) atoms. The highest BCUT2D eigenvalue weighted by molar-refractivity contribution is 5.95. The van der Waals surface area contributed by atoms with E-state index < -0.39 is 17.3 Å². The second kappa shape index (κ2) is 10.3. The van der Waals surface area contributed by atoms with E-state index in [1.165, 1.54) is 12.4 Å². The SMILES string of the molecule is CN(C)c1ccc(C(=O)N2CCC(N3CC(CC#N)(n4cc(-c5ncnc6[nH]ccc56)cn4)C3)CC2)c(F)c1C#N. The number of likely N-dealkylation sites (tertiary alicyclic amines) is 2. The van der Waals surface area contributed by atoms with Crippen LogP contribution in [0.2, 0.25) is 0 Å². The van der Waals surface area contributed by atoms with Gasteiger partial charge in [0.1, 0.15) is 29.1 Å². The zero-order valence-corrected chi connectivity index (χ0v) is 22.9. The molecule has 2 saturated heterocycles. The monoisotopic (exact) mass is 552 g/mol. The fourth-order valence-electron chi connectivity index (χ4n) is 6.07. The molecule has 3 aromatic heterocycles. The number of halogens is 1. The minimum atomic E-state index is -0.771. The predicted octanol–water partition coefficient (Wildman–Crippen LogP) is 3.13. The smallest absolute Gasteiger partial charge is 0.256 e. The lowest BCUT2D eigenvalue weighted by molar-refractivity contribution is -0.0412. The number of nitriles is 2. The number of benzene rings is 1. The Bertz CT molecular complexity index is 1700. The molecule has 6 rings (SSSR count). The van der Waals surface area contributed by atoms with E-state index in [2.05, 4.69) is 31.0 Å². The molecule has 0 bridgehead atoms. The van der Waals surface area contributed by atoms with Gasteiger partial charge in [-0.2, -0.15) is 15.6 Å². The van der Waals surface area contributed by atoms with Crippen LogP contribution in [0.25, 0.3) is 22.3 Å². The number of carbonyl (C=O) groups is 1. The van der Waals surface area contributed by atoms with Gasteiger partial charge in [0.25, 0.3) is 5.91 Å². The number of carbonyl (C=O) groups excluding carboxylic acids is 1. The summed E-state index contributed by atoms with van der Waals surface area (Å²) in [5.74, 6) is -1.16. The lowest BCUT2D eigenvalue weighted by Gasteiger charge is -2.53. The van der Waals surface area contributed by atoms with Crippen molar-refractivity contribution in [2.24, 2.45) is 0 Å². The number of H-pyrrole nitrogens is 1. The molecule has 2 aliphatic rings. The van der Waals surface area contributed by atoms with Crippen LogP contribution in [-0.4, -0.2) is 86.8 Å². The largest absolute Gasteiger partial charge is 0.377 e. The molecular weight excluding hydrogens is 523 g/mol. The molecule has 2 fully saturated rings. The summed E-state index contributed by atoms with van der Waals surface area (Å²) in [7, 11) is 3.46. The van der Waals surface area contributed by atoms with E-state index in [1.807, 2.05) is 29.2 Å². The van der Waals surface area contributed by atoms with E-state index >= 15 is 4.39 Å². The zero-order valence-electron chi connectivity index (χ0n) is 22.9. The molecule has 2 aliphatic heterocycles. The molecule has 1 amide bonds. The average Bonchev–Trinajstić information content (AvgIpc) is 3.65. The number of hydrogen-bond donors (Lipinski definition) is 1. The fourth-order valence-corrected chi connectivity index (χ4v) is 6.07. The summed E-state index contributed by atoms with van der Waals surface area (Å²) < 4.78 is 17.0. The maximum absolute atomic E-state index is 15.1. The first kappa shape index (κ1) is 26.4. The Labute approximate surface area is 236 Å². The number of fused-ring (bicyclic) bond motifs is 1. The highest BCUT2D eigenvalue weighted by Gasteiger charge is 2.48. The van der Waals surface area contributed by atoms with Crippen molar-refractivity contribution in [3.63, 3.8) is 0 Å². The van der Waals surface area contributed by atoms with Gasteiger partial charge < -0.3 is 14.8 Å². The Morgan fingerprint density at radius 2 is 1.98 bits per heavy atom. The number of rotatable bonds is 6. The molecule has 0 radical (unpaired) electrons. The molecule has 0 spiro atoms. The standard InChI is InChI=1S/C29H29FN10O/c1-37(2)24-4-3-21(25(30)23(24)13-32)28(41)38-11-6-20(7-12-38)39-16-29(17-39,8-9-31)40-15-19(14-36-40)26-22-5-10-33-27(22)35-18-34-26/h3-5,10,14-15,18,20H,6-8,11-12,16-17H2,1-2H3,(H,33,34,35). The van der Waals surface area contributed by atoms with E-state index in [0.717, 1.165) is 35.1 Å². The van der Waals surface area contributed by atoms with Crippen molar-refractivity contribution >= 4 is 22.6 Å². The van der Waals surface area contributed by atoms with Crippen molar-refractivity contribution in [2.75, 3.05) is 45.2 Å². The van der Waals surface area contributed by atoms with Gasteiger partial charge in [0, 0.05) is 69.7 Å². The summed E-state index contributed by atoms with van der Waals surface area (Å²) in [5, 5.41) is 24.7. The molecule has 1 aromatic carbocycles. The predicted molar refractivity (Wildman–Crippen MR) is 149 cm³/mol. The summed E-state index contributed by atoms with van der Waals surface area (Å²) in [5.41, 5.74) is 2.23. The van der Waals surface area contributed by atoms with E-state index in [-0.39, 0.29) is 17.2 Å². The topological polar surface area (TPSA) is 134 Å². The molecule has 0 aliphatic carbocycles. The van der Waals surface area contributed by atoms with Crippen LogP contribution in [0, 0.1) is 28.5 Å². The Hall–Kier alpha value is -4.81. The summed E-state index contributed by atoms with van der Waals surface area (Å²) in [6, 6.07) is 9.50. The summed E-state index contributed by atoms with van der Waals surface area (Å²) in [6.07, 6.45) is 8.90. The minimum absolute atomic E-state index is 0.0716. The van der Waals surface area contributed by atoms with Gasteiger partial charge in [-0.3, -0.25) is 14.4 Å². The first-order chi connectivity index (χ1) is 19.8. The van der Waals surface area contributed by atoms with Crippen LogP contribution in [0.15, 0.2) is 43.1 Å². The molecule has 0 atom stereocenters. The quantitative estimate of drug-likeness (QED) is 0.386. The van der Waals surface area contributed by atoms with Gasteiger partial charge in [-0.25, -0.2) is 14.4 Å². The Morgan fingerprint density at radius 3 is 2.68 bits per heavy atom. The third-order valence-corrected chi connectivity index (χ3v) is 8.31. The lowest BCUT2D eigenvalue weighted by Crippen LogP contribution is -2.66. The molecule has 208 valence electrons. The maximum Gasteiger partial charge on any atom is 0.256 e. The van der Waals surface area contributed by atoms with E-state index in [0.29, 0.717) is 38.3 Å². The van der Waals surface area contributed by atoms with Crippen LogP contribution < -0.4 is 4.90 Å². The second-order valence-corrected chi connectivity index (χ2v) is 11.0. The first-order valence-electron chi connectivity index (χ1n) is 13.5. The Balaban J connectivity index is 1.12. The lowest BCUT2D eigenvalue weighted by atomic mass is 9.83. The van der Waals surface area contributed by atoms with Crippen LogP contribution in [0.1, 0.15) is 35.2 Å². The van der Waals surface area contributed by atoms with Crippen molar-refractivity contribution in [1.82, 2.24) is 34.5 Å². The Morgan fingerprint density at radius 1 is 1.20 bits per heavy atom. The van der Waals surface area contributed by atoms with Crippen LogP contribution in [-0.2, 0) is 5.54 Å². The normalized spacial score (nSPS) is 17.1. The molecule has 5 heterocycles. The maximum atomic E-state index is 15.1. The highest BCUT2D eigenvalue weighted by atomic mass is 19.1. The third kappa shape index (κ3) is 4.46. The summed E-state index contributed by atoms with van der Waals surface area (Å²) >= 11 is 0. The summed E-state index contributed by atoms with van der Waals surface area (Å²) in [6.45, 7) is 2.34. The molecule has 1 N–H and O–H groups in total. The number of anilines is 1. The van der Waals surface area contributed by atoms with E-state index in [1.54, 1.807) is 36.2 Å². The summed E-state index contributed by atoms with van der Waals surface area (Å²) in [4.78, 5) is 30.7. The van der Waals surface area contributed by atoms with Crippen molar-refractivity contribution in [2.45, 2.75) is 30.8 Å². The van der Waals surface area contributed by atoms with Crippen LogP contribution in [0.3, 0.4) is 0 Å². The first-order valence-corrected chi connectivity index (χ1v) is 13.5. The number of aromatic amines is 1. The molecule has 4 aromatic rings. The van der Waals surface area contributed by atoms with Gasteiger partial charge in [-0.05, 0) is 31.0 Å². The number of hydrogen-bond acceptors (Lipinski definition) is 8. The van der Waals surface area contributed by atoms with Crippen LogP contribution in [0.5, 0.6) is 0 Å². The van der Waals surface area contributed by atoms with Gasteiger partial charge in [-0.1, -0.05) is 0 Å². The number of nitrogens with zero attached hydrogens (tertiary/aromatic N) is 9. The highest BCUT2D eigenvalue weighted by Crippen LogP contribution is 2.37. The third-order valence-electron chi connectivity index (χ3n) is 8.31. The number of amides is 1. The van der Waals surface area contributed by atoms with Gasteiger partial charge in [0.2, 0.25) is 0 Å². The van der Waals surface area contributed by atoms with Gasteiger partial charge in [-0.15, -0.1) is 0 Å². The fraction of sp³-hybridized carbons (Fsp3) is 0.379. The van der Waals surface area contributed by atoms with Crippen molar-refractivity contribution in [3.05, 3.63) is 60.1 Å². The van der Waals surface area contributed by atoms with Gasteiger partial charge >= 0.3 is 0 Å². The number of nitrogens with one attached hydrogen (secondary N) is 1. The zero-order chi connectivity index (χ0) is 28.7. The van der Waals surface area contributed by atoms with Crippen molar-refractivity contribution in [1.29, 1.82) is 10.5 Å². The molecule has 12 heteroatoms. The van der Waals surface area contributed by atoms with E-state index in [9.17, 15) is 15.3 Å². The molecular formula is C29H29FN10O. The molecule has 11 nitrogen and oxygen atoms in total. The van der Waals surface area contributed by atoms with Crippen LogP contribution >= 0.6 is 0 Å². The van der Waals surface area contributed by atoms with E-state index in [4.69, 9.17) is 0 Å².